The highest BCUT2D eigenvalue weighted by Crippen LogP contribution is 2.35. The second kappa shape index (κ2) is 10.8. The Bertz CT molecular complexity index is 1570. The lowest BCUT2D eigenvalue weighted by Gasteiger charge is -2.22. The smallest absolute Gasteiger partial charge is 0.287 e. The molecule has 0 atom stereocenters. The van der Waals surface area contributed by atoms with Crippen molar-refractivity contribution >= 4 is 50.3 Å². The van der Waals surface area contributed by atoms with E-state index in [2.05, 4.69) is 26.0 Å². The highest BCUT2D eigenvalue weighted by molar-refractivity contribution is 9.10. The van der Waals surface area contributed by atoms with Crippen LogP contribution in [-0.2, 0) is 0 Å². The van der Waals surface area contributed by atoms with Crippen LogP contribution >= 0.6 is 27.5 Å². The maximum atomic E-state index is 13.5. The summed E-state index contributed by atoms with van der Waals surface area (Å²) < 4.78 is 7.83. The van der Waals surface area contributed by atoms with E-state index in [9.17, 15) is 14.9 Å². The third-order valence-corrected chi connectivity index (χ3v) is 7.04. The summed E-state index contributed by atoms with van der Waals surface area (Å²) in [6, 6.07) is 13.3. The maximum Gasteiger partial charge on any atom is 0.287 e. The predicted octanol–water partition coefficient (Wildman–Crippen LogP) is 6.84. The molecule has 9 nitrogen and oxygen atoms in total. The van der Waals surface area contributed by atoms with Crippen molar-refractivity contribution in [1.29, 1.82) is 0 Å². The minimum absolute atomic E-state index is 0.134. The number of aromatic nitrogens is 3. The largest absolute Gasteiger partial charge is 0.437 e. The number of hydrogen-bond acceptors (Lipinski definition) is 7. The first-order valence-electron chi connectivity index (χ1n) is 11.7. The molecule has 0 spiro atoms. The molecular formula is C26H21BrClN5O4. The van der Waals surface area contributed by atoms with Gasteiger partial charge in [-0.05, 0) is 53.0 Å². The van der Waals surface area contributed by atoms with E-state index < -0.39 is 4.92 Å². The number of rotatable bonds is 6. The Kier molecular flexibility index (Phi) is 7.29. The first-order valence-corrected chi connectivity index (χ1v) is 12.9. The number of ether oxygens (including phenoxy) is 1. The lowest BCUT2D eigenvalue weighted by atomic mass is 9.88. The number of hydrogen-bond donors (Lipinski definition) is 0. The van der Waals surface area contributed by atoms with E-state index in [1.807, 2.05) is 12.1 Å². The van der Waals surface area contributed by atoms with Crippen LogP contribution in [0.15, 0.2) is 69.1 Å². The van der Waals surface area contributed by atoms with Gasteiger partial charge in [0.05, 0.1) is 26.5 Å². The number of nitrogens with zero attached hydrogens (tertiary/aromatic N) is 5. The first-order chi connectivity index (χ1) is 17.9. The Morgan fingerprint density at radius 3 is 2.68 bits per heavy atom. The zero-order valence-corrected chi connectivity index (χ0v) is 21.9. The Morgan fingerprint density at radius 2 is 1.95 bits per heavy atom. The molecule has 2 heterocycles. The quantitative estimate of drug-likeness (QED) is 0.140. The average Bonchev–Trinajstić information content (AvgIpc) is 2.90. The molecule has 0 unspecified atom stereocenters. The van der Waals surface area contributed by atoms with E-state index in [1.54, 1.807) is 24.3 Å². The molecule has 2 aromatic carbocycles. The van der Waals surface area contributed by atoms with Crippen LogP contribution < -0.4 is 10.3 Å². The molecule has 1 aliphatic carbocycles. The van der Waals surface area contributed by atoms with E-state index >= 15 is 0 Å². The second-order valence-corrected chi connectivity index (χ2v) is 9.99. The Labute approximate surface area is 225 Å². The van der Waals surface area contributed by atoms with E-state index in [-0.39, 0.29) is 23.0 Å². The van der Waals surface area contributed by atoms with Crippen LogP contribution in [0.1, 0.15) is 49.4 Å². The molecule has 4 aromatic rings. The highest BCUT2D eigenvalue weighted by atomic mass is 79.9. The van der Waals surface area contributed by atoms with Crippen LogP contribution in [0.3, 0.4) is 0 Å². The van der Waals surface area contributed by atoms with Gasteiger partial charge in [-0.25, -0.2) is 9.97 Å². The van der Waals surface area contributed by atoms with Crippen molar-refractivity contribution in [3.8, 4) is 11.6 Å². The molecular weight excluding hydrogens is 562 g/mol. The van der Waals surface area contributed by atoms with Gasteiger partial charge in [0.25, 0.3) is 11.2 Å². The van der Waals surface area contributed by atoms with Gasteiger partial charge in [-0.1, -0.05) is 43.0 Å². The van der Waals surface area contributed by atoms with Crippen molar-refractivity contribution < 1.29 is 9.66 Å². The summed E-state index contributed by atoms with van der Waals surface area (Å²) in [4.78, 5) is 32.7. The van der Waals surface area contributed by atoms with E-state index in [0.29, 0.717) is 37.5 Å². The predicted molar refractivity (Wildman–Crippen MR) is 145 cm³/mol. The number of fused-ring (bicyclic) bond motifs is 1. The summed E-state index contributed by atoms with van der Waals surface area (Å²) in [5, 5.41) is 16.4. The fourth-order valence-corrected chi connectivity index (χ4v) is 5.34. The number of benzene rings is 2. The van der Waals surface area contributed by atoms with E-state index in [4.69, 9.17) is 21.3 Å². The fourth-order valence-electron chi connectivity index (χ4n) is 4.43. The SMILES string of the molecule is O=c1c2ccccc2nc(C2CCCCC2)n1N=Cc1cc(Cl)cc(Br)c1Oc1ccc([N+](=O)[O-])cn1. The van der Waals surface area contributed by atoms with Crippen molar-refractivity contribution in [2.24, 2.45) is 5.10 Å². The molecule has 0 amide bonds. The number of halogens is 2. The normalized spacial score (nSPS) is 14.3. The number of pyridine rings is 1. The molecule has 0 bridgehead atoms. The van der Waals surface area contributed by atoms with Crippen LogP contribution in [0.5, 0.6) is 11.6 Å². The molecule has 2 aromatic heterocycles. The molecule has 1 fully saturated rings. The zero-order chi connectivity index (χ0) is 25.9. The van der Waals surface area contributed by atoms with Crippen LogP contribution in [0, 0.1) is 10.1 Å². The van der Waals surface area contributed by atoms with Crippen molar-refractivity contribution in [3.05, 3.63) is 96.1 Å². The summed E-state index contributed by atoms with van der Waals surface area (Å²) in [6.07, 6.45) is 7.85. The third kappa shape index (κ3) is 5.40. The van der Waals surface area contributed by atoms with Crippen molar-refractivity contribution in [3.63, 3.8) is 0 Å². The number of para-hydroxylation sites is 1. The maximum absolute atomic E-state index is 13.5. The molecule has 0 saturated heterocycles. The van der Waals surface area contributed by atoms with Crippen LogP contribution in [0.25, 0.3) is 10.9 Å². The van der Waals surface area contributed by atoms with Gasteiger partial charge in [-0.15, -0.1) is 0 Å². The number of nitro groups is 1. The van der Waals surface area contributed by atoms with Gasteiger partial charge in [-0.2, -0.15) is 9.78 Å². The zero-order valence-electron chi connectivity index (χ0n) is 19.5. The summed E-state index contributed by atoms with van der Waals surface area (Å²) in [5.41, 5.74) is 0.734. The first kappa shape index (κ1) is 25.0. The average molecular weight is 583 g/mol. The molecule has 0 aliphatic heterocycles. The summed E-state index contributed by atoms with van der Waals surface area (Å²) in [5.74, 6) is 1.26. The van der Waals surface area contributed by atoms with Crippen LogP contribution in [0.2, 0.25) is 5.02 Å². The topological polar surface area (TPSA) is 113 Å². The van der Waals surface area contributed by atoms with Gasteiger partial charge in [0.2, 0.25) is 5.88 Å². The monoisotopic (exact) mass is 581 g/mol. The Hall–Kier alpha value is -3.63. The minimum atomic E-state index is -0.535. The lowest BCUT2D eigenvalue weighted by Crippen LogP contribution is -2.25. The summed E-state index contributed by atoms with van der Waals surface area (Å²) >= 11 is 9.76. The van der Waals surface area contributed by atoms with Gasteiger partial charge in [0, 0.05) is 28.6 Å². The van der Waals surface area contributed by atoms with E-state index in [1.165, 1.54) is 29.4 Å². The third-order valence-electron chi connectivity index (χ3n) is 6.24. The van der Waals surface area contributed by atoms with Crippen molar-refractivity contribution in [1.82, 2.24) is 14.6 Å². The Balaban J connectivity index is 1.58. The molecule has 1 saturated carbocycles. The second-order valence-electron chi connectivity index (χ2n) is 8.70. The summed E-state index contributed by atoms with van der Waals surface area (Å²) in [7, 11) is 0. The molecule has 37 heavy (non-hydrogen) atoms. The lowest BCUT2D eigenvalue weighted by molar-refractivity contribution is -0.385. The molecule has 11 heteroatoms. The fraction of sp³-hybridized carbons (Fsp3) is 0.231. The van der Waals surface area contributed by atoms with E-state index in [0.717, 1.165) is 31.9 Å². The van der Waals surface area contributed by atoms with Crippen LogP contribution in [0.4, 0.5) is 5.69 Å². The minimum Gasteiger partial charge on any atom is -0.437 e. The molecule has 1 aliphatic rings. The molecule has 188 valence electrons. The van der Waals surface area contributed by atoms with Crippen molar-refractivity contribution in [2.45, 2.75) is 38.0 Å². The van der Waals surface area contributed by atoms with Gasteiger partial charge in [0.1, 0.15) is 12.0 Å². The van der Waals surface area contributed by atoms with Gasteiger partial charge < -0.3 is 4.74 Å². The molecule has 0 N–H and O–H groups in total. The van der Waals surface area contributed by atoms with Crippen molar-refractivity contribution in [2.75, 3.05) is 0 Å². The highest BCUT2D eigenvalue weighted by Gasteiger charge is 2.22. The van der Waals surface area contributed by atoms with Gasteiger partial charge >= 0.3 is 0 Å². The molecule has 0 radical (unpaired) electrons. The summed E-state index contributed by atoms with van der Waals surface area (Å²) in [6.45, 7) is 0. The van der Waals surface area contributed by atoms with Gasteiger partial charge in [0.15, 0.2) is 5.75 Å². The standard InChI is InChI=1S/C26H21BrClN5O4/c27-21-13-18(28)12-17(24(21)37-23-11-10-19(15-29-23)33(35)36)14-30-32-25(16-6-2-1-3-7-16)31-22-9-5-4-8-20(22)26(32)34/h4-5,8-16H,1-3,6-7H2. The molecule has 5 rings (SSSR count). The van der Waals surface area contributed by atoms with Gasteiger partial charge in [-0.3, -0.25) is 14.9 Å². The Morgan fingerprint density at radius 1 is 1.16 bits per heavy atom. The van der Waals surface area contributed by atoms with Crippen LogP contribution in [-0.4, -0.2) is 25.8 Å².